The highest BCUT2D eigenvalue weighted by molar-refractivity contribution is 5.89. The summed E-state index contributed by atoms with van der Waals surface area (Å²) < 4.78 is 8.31. The van der Waals surface area contributed by atoms with Crippen molar-refractivity contribution < 1.29 is 4.74 Å². The Kier molecular flexibility index (Phi) is 8.89. The number of anilines is 1. The fourth-order valence-corrected chi connectivity index (χ4v) is 5.61. The number of aryl methyl sites for hydroxylation is 1. The predicted octanol–water partition coefficient (Wildman–Crippen LogP) is 5.52. The Morgan fingerprint density at radius 3 is 2.68 bits per heavy atom. The molecule has 2 aromatic carbocycles. The zero-order chi connectivity index (χ0) is 26.2. The molecular weight excluding hydrogens is 472 g/mol. The number of nitrogens with one attached hydrogen (secondary N) is 2. The van der Waals surface area contributed by atoms with Gasteiger partial charge in [-0.15, -0.1) is 0 Å². The van der Waals surface area contributed by atoms with Crippen LogP contribution in [0.4, 0.5) is 5.82 Å². The third-order valence-corrected chi connectivity index (χ3v) is 7.61. The fraction of sp³-hybridized carbons (Fsp3) is 0.419. The third kappa shape index (κ3) is 6.52. The van der Waals surface area contributed by atoms with Crippen LogP contribution in [0.3, 0.4) is 0 Å². The molecule has 7 nitrogen and oxygen atoms in total. The Hall–Kier alpha value is -3.42. The minimum absolute atomic E-state index is 0.497. The molecule has 200 valence electrons. The van der Waals surface area contributed by atoms with Gasteiger partial charge in [0.1, 0.15) is 29.3 Å². The molecule has 0 radical (unpaired) electrons. The van der Waals surface area contributed by atoms with E-state index in [9.17, 15) is 0 Å². The lowest BCUT2D eigenvalue weighted by Gasteiger charge is -2.15. The number of hydrogen-bond donors (Lipinski definition) is 3. The van der Waals surface area contributed by atoms with Crippen LogP contribution in [-0.2, 0) is 12.8 Å². The number of nitrogen functional groups attached to an aromatic ring is 1. The van der Waals surface area contributed by atoms with Crippen LogP contribution in [0.15, 0.2) is 67.1 Å². The van der Waals surface area contributed by atoms with Crippen LogP contribution in [0.1, 0.15) is 49.8 Å². The van der Waals surface area contributed by atoms with Crippen LogP contribution >= 0.6 is 0 Å². The number of aromatic nitrogens is 3. The van der Waals surface area contributed by atoms with Gasteiger partial charge in [0, 0.05) is 12.2 Å². The minimum atomic E-state index is 0.497. The van der Waals surface area contributed by atoms with Crippen LogP contribution in [0.2, 0.25) is 0 Å². The number of benzene rings is 2. The van der Waals surface area contributed by atoms with Crippen molar-refractivity contribution in [3.63, 3.8) is 0 Å². The highest BCUT2D eigenvalue weighted by Crippen LogP contribution is 2.38. The first-order valence-electron chi connectivity index (χ1n) is 14.0. The highest BCUT2D eigenvalue weighted by Gasteiger charge is 2.27. The fourth-order valence-electron chi connectivity index (χ4n) is 5.61. The van der Waals surface area contributed by atoms with E-state index < -0.39 is 0 Å². The summed E-state index contributed by atoms with van der Waals surface area (Å²) in [5, 5.41) is 8.31. The van der Waals surface area contributed by atoms with Crippen molar-refractivity contribution in [3.8, 4) is 11.5 Å². The van der Waals surface area contributed by atoms with E-state index >= 15 is 0 Å². The molecule has 1 fully saturated rings. The summed E-state index contributed by atoms with van der Waals surface area (Å²) in [7, 11) is 0. The molecule has 2 aromatic heterocycles. The lowest BCUT2D eigenvalue weighted by molar-refractivity contribution is 0.451. The number of nitrogens with zero attached hydrogens (tertiary/aromatic N) is 3. The van der Waals surface area contributed by atoms with Crippen molar-refractivity contribution in [2.75, 3.05) is 31.9 Å². The van der Waals surface area contributed by atoms with Crippen molar-refractivity contribution in [1.29, 1.82) is 0 Å². The van der Waals surface area contributed by atoms with Crippen LogP contribution < -0.4 is 21.1 Å². The summed E-state index contributed by atoms with van der Waals surface area (Å²) in [5.41, 5.74) is 9.71. The number of fused-ring (bicyclic) bond motifs is 1. The Morgan fingerprint density at radius 2 is 1.82 bits per heavy atom. The Balaban J connectivity index is 0.975. The molecule has 4 aromatic rings. The van der Waals surface area contributed by atoms with Gasteiger partial charge in [0.2, 0.25) is 0 Å². The number of hydrogen-bond acceptors (Lipinski definition) is 6. The normalized spacial score (nSPS) is 17.3. The highest BCUT2D eigenvalue weighted by atomic mass is 16.5. The van der Waals surface area contributed by atoms with Crippen molar-refractivity contribution in [2.24, 2.45) is 5.92 Å². The Labute approximate surface area is 225 Å². The van der Waals surface area contributed by atoms with Gasteiger partial charge in [-0.05, 0) is 106 Å². The molecule has 0 aliphatic heterocycles. The molecule has 5 rings (SSSR count). The van der Waals surface area contributed by atoms with E-state index in [1.165, 1.54) is 30.4 Å². The average Bonchev–Trinajstić information content (AvgIpc) is 3.56. The molecule has 4 N–H and O–H groups in total. The summed E-state index contributed by atoms with van der Waals surface area (Å²) in [6.45, 7) is 6.29. The molecule has 2 atom stereocenters. The number of rotatable bonds is 13. The quantitative estimate of drug-likeness (QED) is 0.204. The van der Waals surface area contributed by atoms with Crippen molar-refractivity contribution in [2.45, 2.75) is 51.5 Å². The molecule has 0 bridgehead atoms. The molecular formula is C31H40N6O. The third-order valence-electron chi connectivity index (χ3n) is 7.61. The molecule has 1 saturated carbocycles. The van der Waals surface area contributed by atoms with Gasteiger partial charge in [0.15, 0.2) is 0 Å². The van der Waals surface area contributed by atoms with Crippen LogP contribution in [0, 0.1) is 5.92 Å². The summed E-state index contributed by atoms with van der Waals surface area (Å²) >= 11 is 0. The minimum Gasteiger partial charge on any atom is -0.457 e. The van der Waals surface area contributed by atoms with E-state index in [-0.39, 0.29) is 0 Å². The van der Waals surface area contributed by atoms with Gasteiger partial charge in [0.05, 0.1) is 5.39 Å². The molecule has 0 amide bonds. The number of nitrogens with two attached hydrogens (primary N) is 1. The molecule has 2 heterocycles. The van der Waals surface area contributed by atoms with Gasteiger partial charge in [-0.2, -0.15) is 0 Å². The zero-order valence-electron chi connectivity index (χ0n) is 22.4. The Morgan fingerprint density at radius 1 is 0.974 bits per heavy atom. The first-order valence-corrected chi connectivity index (χ1v) is 14.0. The second kappa shape index (κ2) is 12.9. The van der Waals surface area contributed by atoms with Gasteiger partial charge in [-0.1, -0.05) is 37.3 Å². The summed E-state index contributed by atoms with van der Waals surface area (Å²) in [6, 6.07) is 18.8. The maximum atomic E-state index is 6.17. The molecule has 2 unspecified atom stereocenters. The van der Waals surface area contributed by atoms with E-state index in [1.807, 2.05) is 36.4 Å². The van der Waals surface area contributed by atoms with E-state index in [4.69, 9.17) is 10.5 Å². The SMILES string of the molecule is CCc1cn(C2CCC(CNCCCNCCc3cccc(Oc4ccccc4)c3)C2)c2ncnc(N)c12. The maximum Gasteiger partial charge on any atom is 0.146 e. The van der Waals surface area contributed by atoms with Gasteiger partial charge in [-0.3, -0.25) is 0 Å². The van der Waals surface area contributed by atoms with E-state index in [2.05, 4.69) is 56.5 Å². The molecule has 7 heteroatoms. The molecule has 0 saturated heterocycles. The van der Waals surface area contributed by atoms with Gasteiger partial charge in [-0.25, -0.2) is 9.97 Å². The van der Waals surface area contributed by atoms with Crippen molar-refractivity contribution in [3.05, 3.63) is 78.2 Å². The number of ether oxygens (including phenoxy) is 1. The van der Waals surface area contributed by atoms with Crippen molar-refractivity contribution in [1.82, 2.24) is 25.2 Å². The molecule has 1 aliphatic carbocycles. The number of para-hydroxylation sites is 1. The lowest BCUT2D eigenvalue weighted by Crippen LogP contribution is -2.26. The molecule has 1 aliphatic rings. The van der Waals surface area contributed by atoms with Crippen LogP contribution in [0.25, 0.3) is 11.0 Å². The zero-order valence-corrected chi connectivity index (χ0v) is 22.4. The maximum absolute atomic E-state index is 6.17. The van der Waals surface area contributed by atoms with Gasteiger partial charge >= 0.3 is 0 Å². The van der Waals surface area contributed by atoms with Gasteiger partial charge < -0.3 is 25.7 Å². The largest absolute Gasteiger partial charge is 0.457 e. The first-order chi connectivity index (χ1) is 18.7. The molecule has 0 spiro atoms. The van der Waals surface area contributed by atoms with Gasteiger partial charge in [0.25, 0.3) is 0 Å². The second-order valence-corrected chi connectivity index (χ2v) is 10.3. The average molecular weight is 513 g/mol. The summed E-state index contributed by atoms with van der Waals surface area (Å²) in [6.07, 6.45) is 10.6. The smallest absolute Gasteiger partial charge is 0.146 e. The standard InChI is InChI=1S/C31H40N6O/c1-2-25-21-37(31-29(25)30(32)35-22-36-31)26-13-12-24(18-26)20-34-16-7-15-33-17-14-23-8-6-11-28(19-23)38-27-9-4-3-5-10-27/h3-6,8-11,19,21-22,24,26,33-34H,2,7,12-18,20H2,1H3,(H2,32,35,36). The molecule has 38 heavy (non-hydrogen) atoms. The van der Waals surface area contributed by atoms with Crippen LogP contribution in [0.5, 0.6) is 11.5 Å². The lowest BCUT2D eigenvalue weighted by atomic mass is 10.1. The van der Waals surface area contributed by atoms with E-state index in [0.717, 1.165) is 68.0 Å². The monoisotopic (exact) mass is 512 g/mol. The van der Waals surface area contributed by atoms with E-state index in [0.29, 0.717) is 17.8 Å². The van der Waals surface area contributed by atoms with E-state index in [1.54, 1.807) is 6.33 Å². The second-order valence-electron chi connectivity index (χ2n) is 10.3. The Bertz CT molecular complexity index is 1300. The van der Waals surface area contributed by atoms with Crippen molar-refractivity contribution >= 4 is 16.9 Å². The van der Waals surface area contributed by atoms with Crippen LogP contribution in [-0.4, -0.2) is 40.7 Å². The first kappa shape index (κ1) is 26.2. The predicted molar refractivity (Wildman–Crippen MR) is 155 cm³/mol. The summed E-state index contributed by atoms with van der Waals surface area (Å²) in [4.78, 5) is 8.79. The topological polar surface area (TPSA) is 90.0 Å². The summed E-state index contributed by atoms with van der Waals surface area (Å²) in [5.74, 6) is 3.06.